The number of hydrogen-bond donors (Lipinski definition) is 4. The maximum Gasteiger partial charge on any atom is 0.253 e. The van der Waals surface area contributed by atoms with Gasteiger partial charge in [0.15, 0.2) is 0 Å². The van der Waals surface area contributed by atoms with Crippen LogP contribution in [0.15, 0.2) is 30.3 Å². The van der Waals surface area contributed by atoms with E-state index in [1.54, 1.807) is 24.3 Å². The monoisotopic (exact) mass is 472 g/mol. The fraction of sp³-hybridized carbons (Fsp3) is 0.278. The molecule has 0 radical (unpaired) electrons. The quantitative estimate of drug-likeness (QED) is 0.485. The number of carbonyl (C=O) groups is 1. The van der Waals surface area contributed by atoms with Crippen molar-refractivity contribution in [1.29, 1.82) is 0 Å². The predicted octanol–water partition coefficient (Wildman–Crippen LogP) is 2.19. The standard InChI is InChI=1S/C18H18FIN2O4/c19-14-6-11(20)1-2-15(14)22-16-7-17-10(3-4-26-17)5-13(16)18(25)21-8-12(24)9-23/h1-2,5-7,12,22-24H,3-4,8-9H2,(H,21,25)/t12-/m1/s1. The lowest BCUT2D eigenvalue weighted by molar-refractivity contribution is 0.0802. The van der Waals surface area contributed by atoms with E-state index in [9.17, 15) is 14.3 Å². The highest BCUT2D eigenvalue weighted by atomic mass is 127. The predicted molar refractivity (Wildman–Crippen MR) is 103 cm³/mol. The minimum absolute atomic E-state index is 0.0831. The summed E-state index contributed by atoms with van der Waals surface area (Å²) in [4.78, 5) is 12.5. The minimum Gasteiger partial charge on any atom is -0.493 e. The van der Waals surface area contributed by atoms with Crippen LogP contribution in [-0.4, -0.2) is 42.0 Å². The summed E-state index contributed by atoms with van der Waals surface area (Å²) in [7, 11) is 0. The number of ether oxygens (including phenoxy) is 1. The molecular formula is C18H18FIN2O4. The average molecular weight is 472 g/mol. The first kappa shape index (κ1) is 18.9. The third-order valence-electron chi connectivity index (χ3n) is 3.98. The molecule has 0 unspecified atom stereocenters. The summed E-state index contributed by atoms with van der Waals surface area (Å²) in [6.45, 7) is -0.00149. The third-order valence-corrected chi connectivity index (χ3v) is 4.65. The first-order valence-corrected chi connectivity index (χ1v) is 9.14. The highest BCUT2D eigenvalue weighted by Gasteiger charge is 2.21. The smallest absolute Gasteiger partial charge is 0.253 e. The first-order valence-electron chi connectivity index (χ1n) is 8.07. The summed E-state index contributed by atoms with van der Waals surface area (Å²) in [5.74, 6) is -0.202. The lowest BCUT2D eigenvalue weighted by Gasteiger charge is -2.16. The molecule has 0 aromatic heterocycles. The van der Waals surface area contributed by atoms with Crippen molar-refractivity contribution in [2.24, 2.45) is 0 Å². The van der Waals surface area contributed by atoms with E-state index in [-0.39, 0.29) is 12.2 Å². The molecule has 2 aromatic carbocycles. The molecular weight excluding hydrogens is 454 g/mol. The molecule has 0 saturated carbocycles. The maximum absolute atomic E-state index is 14.2. The number of aliphatic hydroxyl groups excluding tert-OH is 2. The van der Waals surface area contributed by atoms with Crippen molar-refractivity contribution in [3.8, 4) is 5.75 Å². The van der Waals surface area contributed by atoms with Gasteiger partial charge in [-0.1, -0.05) is 0 Å². The first-order chi connectivity index (χ1) is 12.5. The Labute approximate surface area is 163 Å². The van der Waals surface area contributed by atoms with Crippen LogP contribution in [0.2, 0.25) is 0 Å². The number of carbonyl (C=O) groups excluding carboxylic acids is 1. The zero-order valence-electron chi connectivity index (χ0n) is 13.8. The van der Waals surface area contributed by atoms with Crippen LogP contribution >= 0.6 is 22.6 Å². The number of anilines is 2. The highest BCUT2D eigenvalue weighted by molar-refractivity contribution is 14.1. The van der Waals surface area contributed by atoms with Crippen LogP contribution in [0.1, 0.15) is 15.9 Å². The van der Waals surface area contributed by atoms with Gasteiger partial charge in [0.05, 0.1) is 36.3 Å². The summed E-state index contributed by atoms with van der Waals surface area (Å²) in [6, 6.07) is 8.13. The number of amides is 1. The molecule has 0 fully saturated rings. The summed E-state index contributed by atoms with van der Waals surface area (Å²) in [6.07, 6.45) is -0.352. The van der Waals surface area contributed by atoms with Crippen LogP contribution in [0.25, 0.3) is 0 Å². The molecule has 3 rings (SSSR count). The molecule has 0 spiro atoms. The Kier molecular flexibility index (Phi) is 5.94. The van der Waals surface area contributed by atoms with Crippen molar-refractivity contribution in [2.45, 2.75) is 12.5 Å². The van der Waals surface area contributed by atoms with Gasteiger partial charge in [-0.2, -0.15) is 0 Å². The number of hydrogen-bond acceptors (Lipinski definition) is 5. The average Bonchev–Trinajstić information content (AvgIpc) is 3.08. The molecule has 2 aromatic rings. The topological polar surface area (TPSA) is 90.8 Å². The fourth-order valence-electron chi connectivity index (χ4n) is 2.62. The summed E-state index contributed by atoms with van der Waals surface area (Å²) < 4.78 is 20.5. The van der Waals surface area contributed by atoms with Crippen LogP contribution < -0.4 is 15.4 Å². The van der Waals surface area contributed by atoms with Gasteiger partial charge in [-0.3, -0.25) is 4.79 Å². The number of nitrogens with one attached hydrogen (secondary N) is 2. The van der Waals surface area contributed by atoms with Crippen molar-refractivity contribution in [2.75, 3.05) is 25.1 Å². The molecule has 1 aliphatic rings. The number of rotatable bonds is 6. The Morgan fingerprint density at radius 2 is 2.12 bits per heavy atom. The molecule has 1 amide bonds. The Balaban J connectivity index is 1.91. The second-order valence-corrected chi connectivity index (χ2v) is 7.15. The Hall–Kier alpha value is -1.91. The van der Waals surface area contributed by atoms with E-state index in [0.29, 0.717) is 30.0 Å². The number of benzene rings is 2. The van der Waals surface area contributed by atoms with Gasteiger partial charge < -0.3 is 25.6 Å². The molecule has 6 nitrogen and oxygen atoms in total. The molecule has 0 aliphatic carbocycles. The van der Waals surface area contributed by atoms with Crippen molar-refractivity contribution in [3.05, 3.63) is 50.8 Å². The summed E-state index contributed by atoms with van der Waals surface area (Å²) in [5, 5.41) is 23.8. The molecule has 1 atom stereocenters. The van der Waals surface area contributed by atoms with E-state index in [1.165, 1.54) is 6.07 Å². The molecule has 8 heteroatoms. The number of aliphatic hydroxyl groups is 2. The van der Waals surface area contributed by atoms with Gasteiger partial charge in [-0.05, 0) is 52.4 Å². The van der Waals surface area contributed by atoms with Crippen molar-refractivity contribution in [3.63, 3.8) is 0 Å². The Morgan fingerprint density at radius 1 is 1.31 bits per heavy atom. The normalized spacial score (nSPS) is 13.7. The van der Waals surface area contributed by atoms with Crippen molar-refractivity contribution < 1.29 is 24.1 Å². The molecule has 0 bridgehead atoms. The molecule has 4 N–H and O–H groups in total. The van der Waals surface area contributed by atoms with Crippen LogP contribution in [0.4, 0.5) is 15.8 Å². The number of fused-ring (bicyclic) bond motifs is 1. The van der Waals surface area contributed by atoms with Gasteiger partial charge in [0.1, 0.15) is 11.6 Å². The Morgan fingerprint density at radius 3 is 2.85 bits per heavy atom. The second kappa shape index (κ2) is 8.19. The van der Waals surface area contributed by atoms with Crippen molar-refractivity contribution >= 4 is 39.9 Å². The van der Waals surface area contributed by atoms with E-state index in [2.05, 4.69) is 10.6 Å². The van der Waals surface area contributed by atoms with Crippen LogP contribution in [0.5, 0.6) is 5.75 Å². The van der Waals surface area contributed by atoms with E-state index >= 15 is 0 Å². The van der Waals surface area contributed by atoms with E-state index in [0.717, 1.165) is 9.13 Å². The lowest BCUT2D eigenvalue weighted by Crippen LogP contribution is -2.34. The number of halogens is 2. The van der Waals surface area contributed by atoms with Crippen LogP contribution in [0.3, 0.4) is 0 Å². The minimum atomic E-state index is -1.04. The molecule has 138 valence electrons. The van der Waals surface area contributed by atoms with E-state index in [1.807, 2.05) is 22.6 Å². The van der Waals surface area contributed by atoms with Gasteiger partial charge in [-0.15, -0.1) is 0 Å². The zero-order valence-corrected chi connectivity index (χ0v) is 15.9. The second-order valence-electron chi connectivity index (χ2n) is 5.90. The largest absolute Gasteiger partial charge is 0.493 e. The highest BCUT2D eigenvalue weighted by Crippen LogP contribution is 2.34. The van der Waals surface area contributed by atoms with Crippen molar-refractivity contribution in [1.82, 2.24) is 5.32 Å². The SMILES string of the molecule is O=C(NC[C@@H](O)CO)c1cc2c(cc1Nc1ccc(I)cc1F)OCC2. The van der Waals surface area contributed by atoms with Gasteiger partial charge in [0.25, 0.3) is 5.91 Å². The molecule has 1 aliphatic heterocycles. The maximum atomic E-state index is 14.2. The van der Waals surface area contributed by atoms with Gasteiger partial charge in [0, 0.05) is 22.6 Å². The van der Waals surface area contributed by atoms with Gasteiger partial charge in [0.2, 0.25) is 0 Å². The lowest BCUT2D eigenvalue weighted by atomic mass is 10.0. The third kappa shape index (κ3) is 4.25. The van der Waals surface area contributed by atoms with E-state index in [4.69, 9.17) is 9.84 Å². The van der Waals surface area contributed by atoms with Gasteiger partial charge >= 0.3 is 0 Å². The van der Waals surface area contributed by atoms with Crippen LogP contribution in [0, 0.1) is 9.39 Å². The van der Waals surface area contributed by atoms with Crippen LogP contribution in [-0.2, 0) is 6.42 Å². The molecule has 0 saturated heterocycles. The van der Waals surface area contributed by atoms with Gasteiger partial charge in [-0.25, -0.2) is 4.39 Å². The molecule has 1 heterocycles. The summed E-state index contributed by atoms with van der Waals surface area (Å²) in [5.41, 5.74) is 1.86. The molecule has 26 heavy (non-hydrogen) atoms. The van der Waals surface area contributed by atoms with E-state index < -0.39 is 24.4 Å². The zero-order chi connectivity index (χ0) is 18.7. The summed E-state index contributed by atoms with van der Waals surface area (Å²) >= 11 is 2.02. The Bertz CT molecular complexity index is 831. The fourth-order valence-corrected chi connectivity index (χ4v) is 3.08.